The van der Waals surface area contributed by atoms with E-state index in [4.69, 9.17) is 0 Å². The van der Waals surface area contributed by atoms with E-state index in [9.17, 15) is 0 Å². The van der Waals surface area contributed by atoms with Crippen molar-refractivity contribution in [2.75, 3.05) is 0 Å². The van der Waals surface area contributed by atoms with Crippen molar-refractivity contribution in [3.63, 3.8) is 0 Å². The van der Waals surface area contributed by atoms with Crippen LogP contribution in [-0.2, 0) is 5.41 Å². The minimum atomic E-state index is -0.807. The van der Waals surface area contributed by atoms with E-state index >= 15 is 0 Å². The summed E-state index contributed by atoms with van der Waals surface area (Å²) in [6, 6.07) is 111. The zero-order chi connectivity index (χ0) is 54.1. The Morgan fingerprint density at radius 3 is 1.02 bits per heavy atom. The van der Waals surface area contributed by atoms with Crippen molar-refractivity contribution in [1.29, 1.82) is 0 Å². The molecule has 19 rings (SSSR count). The average molecular weight is 1050 g/mol. The number of nitrogens with zero attached hydrogens (tertiary/aromatic N) is 2. The quantitative estimate of drug-likeness (QED) is 0.147. The maximum absolute atomic E-state index is 2.58. The van der Waals surface area contributed by atoms with E-state index in [1.165, 1.54) is 164 Å². The monoisotopic (exact) mass is 1050 g/mol. The predicted octanol–water partition coefficient (Wildman–Crippen LogP) is 21.4. The first-order valence-corrected chi connectivity index (χ1v) is 29.0. The highest BCUT2D eigenvalue weighted by Gasteiger charge is 2.47. The SMILES string of the molecule is c1ccc(-n2c3ccccc3c3cc(C4(c5ccc6c(c5)c5ccccc5n6-c5ccccc5)c5cc(-c6ccc7ccc8cccc9ccc6c7c89)ccc5-c5ccc(-c6ccc7ccc8cccc9ccc6c7c89)cc54)ccc32)cc1. The average Bonchev–Trinajstić information content (AvgIpc) is 1.82. The number of aromatic nitrogens is 2. The Morgan fingerprint density at radius 2 is 0.578 bits per heavy atom. The van der Waals surface area contributed by atoms with E-state index in [1.807, 2.05) is 0 Å². The highest BCUT2D eigenvalue weighted by molar-refractivity contribution is 6.27. The zero-order valence-electron chi connectivity index (χ0n) is 45.1. The minimum absolute atomic E-state index is 0.807. The van der Waals surface area contributed by atoms with Gasteiger partial charge in [0, 0.05) is 32.9 Å². The molecule has 2 heteroatoms. The zero-order valence-corrected chi connectivity index (χ0v) is 45.1. The Balaban J connectivity index is 0.953. The molecule has 16 aromatic carbocycles. The van der Waals surface area contributed by atoms with E-state index in [1.54, 1.807) is 0 Å². The second-order valence-electron chi connectivity index (χ2n) is 23.0. The molecule has 0 amide bonds. The molecule has 18 aromatic rings. The van der Waals surface area contributed by atoms with Gasteiger partial charge < -0.3 is 9.13 Å². The van der Waals surface area contributed by atoms with Gasteiger partial charge in [0.1, 0.15) is 0 Å². The first kappa shape index (κ1) is 45.0. The van der Waals surface area contributed by atoms with Gasteiger partial charge in [0.2, 0.25) is 0 Å². The van der Waals surface area contributed by atoms with Gasteiger partial charge >= 0.3 is 0 Å². The summed E-state index contributed by atoms with van der Waals surface area (Å²) >= 11 is 0. The van der Waals surface area contributed by atoms with Crippen molar-refractivity contribution in [1.82, 2.24) is 9.13 Å². The highest BCUT2D eigenvalue weighted by Crippen LogP contribution is 2.59. The van der Waals surface area contributed by atoms with E-state index in [-0.39, 0.29) is 0 Å². The largest absolute Gasteiger partial charge is 0.309 e. The van der Waals surface area contributed by atoms with Gasteiger partial charge in [-0.3, -0.25) is 0 Å². The third-order valence-corrected chi connectivity index (χ3v) is 19.1. The van der Waals surface area contributed by atoms with E-state index in [0.717, 1.165) is 11.4 Å². The fraction of sp³-hybridized carbons (Fsp3) is 0.0123. The molecule has 1 aliphatic carbocycles. The minimum Gasteiger partial charge on any atom is -0.309 e. The second kappa shape index (κ2) is 16.6. The van der Waals surface area contributed by atoms with Crippen molar-refractivity contribution in [2.24, 2.45) is 0 Å². The molecule has 0 saturated heterocycles. The van der Waals surface area contributed by atoms with Gasteiger partial charge in [-0.2, -0.15) is 0 Å². The lowest BCUT2D eigenvalue weighted by Crippen LogP contribution is -2.28. The number of rotatable bonds is 6. The molecule has 1 aliphatic rings. The number of para-hydroxylation sites is 4. The summed E-state index contributed by atoms with van der Waals surface area (Å²) < 4.78 is 4.89. The molecule has 0 saturated carbocycles. The molecule has 0 fully saturated rings. The summed E-state index contributed by atoms with van der Waals surface area (Å²) in [4.78, 5) is 0. The lowest BCUT2D eigenvalue weighted by Gasteiger charge is -2.35. The maximum Gasteiger partial charge on any atom is 0.0714 e. The standard InChI is InChI=1S/C81H48N2/c1-3-17-59(18-4-1)82-73-23-9-7-21-65(73)69-47-57(35-43-75(69)82)81(58-36-44-76-70(48-58)66-22-8-10-24-74(66)83(76)60-19-5-2-6-20-60)71-45-55(61-37-29-53-27-25-49-13-11-15-51-31-41-67(61)79(53)77(49)51)33-39-63(71)64-40-34-56(46-72(64)81)62-38-30-54-28-26-50-14-12-16-52-32-42-68(62)80(54)78(50)52/h1-48H. The van der Waals surface area contributed by atoms with Crippen LogP contribution in [0.2, 0.25) is 0 Å². The van der Waals surface area contributed by atoms with E-state index < -0.39 is 5.41 Å². The molecule has 2 aromatic heterocycles. The number of fused-ring (bicyclic) bond motifs is 9. The fourth-order valence-corrected chi connectivity index (χ4v) is 15.5. The summed E-state index contributed by atoms with van der Waals surface area (Å²) in [5, 5.41) is 20.4. The van der Waals surface area contributed by atoms with Gasteiger partial charge in [-0.25, -0.2) is 0 Å². The molecule has 2 heterocycles. The molecule has 0 N–H and O–H groups in total. The second-order valence-corrected chi connectivity index (χ2v) is 23.0. The number of hydrogen-bond acceptors (Lipinski definition) is 0. The molecule has 0 spiro atoms. The molecular weight excluding hydrogens is 1000 g/mol. The third-order valence-electron chi connectivity index (χ3n) is 19.1. The molecule has 0 atom stereocenters. The van der Waals surface area contributed by atoms with E-state index in [0.29, 0.717) is 0 Å². The predicted molar refractivity (Wildman–Crippen MR) is 351 cm³/mol. The van der Waals surface area contributed by atoms with Crippen LogP contribution in [0.15, 0.2) is 291 Å². The summed E-state index contributed by atoms with van der Waals surface area (Å²) in [5.74, 6) is 0. The molecular formula is C81H48N2. The van der Waals surface area contributed by atoms with Crippen LogP contribution in [0.5, 0.6) is 0 Å². The Hall–Kier alpha value is -10.8. The van der Waals surface area contributed by atoms with Crippen LogP contribution in [0, 0.1) is 0 Å². The van der Waals surface area contributed by atoms with E-state index in [2.05, 4.69) is 300 Å². The molecule has 382 valence electrons. The molecule has 0 unspecified atom stereocenters. The Kier molecular flexibility index (Phi) is 9.02. The van der Waals surface area contributed by atoms with Crippen LogP contribution < -0.4 is 0 Å². The molecule has 0 aliphatic heterocycles. The van der Waals surface area contributed by atoms with Gasteiger partial charge in [-0.1, -0.05) is 218 Å². The molecule has 2 nitrogen and oxygen atoms in total. The van der Waals surface area contributed by atoms with Crippen LogP contribution in [0.3, 0.4) is 0 Å². The first-order valence-electron chi connectivity index (χ1n) is 29.0. The van der Waals surface area contributed by atoms with Crippen LogP contribution in [0.25, 0.3) is 153 Å². The molecule has 0 bridgehead atoms. The van der Waals surface area contributed by atoms with Gasteiger partial charge in [0.05, 0.1) is 27.5 Å². The summed E-state index contributed by atoms with van der Waals surface area (Å²) in [5.41, 5.74) is 18.6. The first-order chi connectivity index (χ1) is 41.2. The maximum atomic E-state index is 2.58. The van der Waals surface area contributed by atoms with Crippen molar-refractivity contribution >= 4 is 108 Å². The van der Waals surface area contributed by atoms with Gasteiger partial charge in [0.15, 0.2) is 0 Å². The molecule has 83 heavy (non-hydrogen) atoms. The molecule has 0 radical (unpaired) electrons. The van der Waals surface area contributed by atoms with Crippen LogP contribution in [-0.4, -0.2) is 9.13 Å². The number of benzene rings is 16. The van der Waals surface area contributed by atoms with Gasteiger partial charge in [-0.15, -0.1) is 0 Å². The van der Waals surface area contributed by atoms with Crippen molar-refractivity contribution in [3.8, 4) is 44.8 Å². The van der Waals surface area contributed by atoms with Crippen molar-refractivity contribution in [3.05, 3.63) is 313 Å². The lowest BCUT2D eigenvalue weighted by atomic mass is 9.66. The summed E-state index contributed by atoms with van der Waals surface area (Å²) in [7, 11) is 0. The van der Waals surface area contributed by atoms with Crippen molar-refractivity contribution in [2.45, 2.75) is 5.41 Å². The van der Waals surface area contributed by atoms with Crippen LogP contribution in [0.1, 0.15) is 22.3 Å². The summed E-state index contributed by atoms with van der Waals surface area (Å²) in [6.45, 7) is 0. The van der Waals surface area contributed by atoms with Crippen LogP contribution >= 0.6 is 0 Å². The smallest absolute Gasteiger partial charge is 0.0714 e. The Bertz CT molecular complexity index is 5350. The highest BCUT2D eigenvalue weighted by atomic mass is 15.0. The normalized spacial score (nSPS) is 13.2. The van der Waals surface area contributed by atoms with Gasteiger partial charge in [-0.05, 0) is 193 Å². The van der Waals surface area contributed by atoms with Crippen molar-refractivity contribution < 1.29 is 0 Å². The van der Waals surface area contributed by atoms with Gasteiger partial charge in [0.25, 0.3) is 0 Å². The Morgan fingerprint density at radius 1 is 0.217 bits per heavy atom. The fourth-order valence-electron chi connectivity index (χ4n) is 15.5. The topological polar surface area (TPSA) is 9.86 Å². The third kappa shape index (κ3) is 6.06. The lowest BCUT2D eigenvalue weighted by molar-refractivity contribution is 0.772. The Labute approximate surface area is 478 Å². The number of hydrogen-bond donors (Lipinski definition) is 0. The summed E-state index contributed by atoms with van der Waals surface area (Å²) in [6.07, 6.45) is 0. The van der Waals surface area contributed by atoms with Crippen LogP contribution in [0.4, 0.5) is 0 Å².